The van der Waals surface area contributed by atoms with Gasteiger partial charge in [-0.3, -0.25) is 4.79 Å². The van der Waals surface area contributed by atoms with Crippen molar-refractivity contribution in [2.45, 2.75) is 24.3 Å². The lowest BCUT2D eigenvalue weighted by Crippen LogP contribution is -2.40. The predicted molar refractivity (Wildman–Crippen MR) is 116 cm³/mol. The van der Waals surface area contributed by atoms with Gasteiger partial charge in [-0.1, -0.05) is 23.7 Å². The molecule has 0 atom stereocenters. The number of hydrogen-bond acceptors (Lipinski definition) is 5. The van der Waals surface area contributed by atoms with Gasteiger partial charge in [0.1, 0.15) is 12.4 Å². The number of esters is 1. The molecule has 0 bridgehead atoms. The Morgan fingerprint density at radius 1 is 1.16 bits per heavy atom. The maximum atomic E-state index is 13.4. The fraction of sp³-hybridized carbons (Fsp3) is 0.273. The molecule has 0 saturated carbocycles. The van der Waals surface area contributed by atoms with Crippen molar-refractivity contribution in [1.82, 2.24) is 14.1 Å². The Morgan fingerprint density at radius 2 is 1.88 bits per heavy atom. The molecule has 1 aromatic heterocycles. The number of carbonyl (C=O) groups excluding carboxylic acids is 1. The first-order valence-corrected chi connectivity index (χ1v) is 11.9. The summed E-state index contributed by atoms with van der Waals surface area (Å²) in [4.78, 5) is 12.4. The molecule has 0 radical (unpaired) electrons. The summed E-state index contributed by atoms with van der Waals surface area (Å²) in [6, 6.07) is 12.7. The van der Waals surface area contributed by atoms with E-state index in [1.165, 1.54) is 10.4 Å². The highest BCUT2D eigenvalue weighted by atomic mass is 35.5. The second-order valence-electron chi connectivity index (χ2n) is 7.48. The molecule has 7 nitrogen and oxygen atoms in total. The summed E-state index contributed by atoms with van der Waals surface area (Å²) in [5, 5.41) is 3.92. The monoisotopic (exact) mass is 477 g/mol. The second-order valence-corrected chi connectivity index (χ2v) is 9.82. The van der Waals surface area contributed by atoms with Crippen molar-refractivity contribution < 1.29 is 22.3 Å². The standard InChI is InChI=1S/C22H21ClFN3O4S/c23-20-14-19(6-7-21(20)24)32(29,30)26-12-8-17(9-13-26)22(28)31-15-16-2-4-18(5-3-16)27-11-1-10-25-27/h1-7,10-11,14,17H,8-9,12-13,15H2. The topological polar surface area (TPSA) is 81.5 Å². The summed E-state index contributed by atoms with van der Waals surface area (Å²) in [5.41, 5.74) is 1.75. The van der Waals surface area contributed by atoms with Crippen LogP contribution in [0.1, 0.15) is 18.4 Å². The van der Waals surface area contributed by atoms with Crippen LogP contribution in [0.4, 0.5) is 4.39 Å². The summed E-state index contributed by atoms with van der Waals surface area (Å²) in [5.74, 6) is -1.40. The van der Waals surface area contributed by atoms with Gasteiger partial charge in [0.2, 0.25) is 10.0 Å². The molecule has 2 heterocycles. The first kappa shape index (κ1) is 22.4. The van der Waals surface area contributed by atoms with Crippen molar-refractivity contribution in [3.8, 4) is 5.69 Å². The Kier molecular flexibility index (Phi) is 6.59. The molecule has 1 fully saturated rings. The van der Waals surface area contributed by atoms with Crippen molar-refractivity contribution in [2.24, 2.45) is 5.92 Å². The highest BCUT2D eigenvalue weighted by Crippen LogP contribution is 2.27. The lowest BCUT2D eigenvalue weighted by Gasteiger charge is -2.30. The van der Waals surface area contributed by atoms with E-state index < -0.39 is 15.8 Å². The van der Waals surface area contributed by atoms with Crippen LogP contribution in [0.5, 0.6) is 0 Å². The van der Waals surface area contributed by atoms with E-state index in [-0.39, 0.29) is 41.5 Å². The zero-order chi connectivity index (χ0) is 22.7. The smallest absolute Gasteiger partial charge is 0.309 e. The van der Waals surface area contributed by atoms with Gasteiger partial charge >= 0.3 is 5.97 Å². The number of carbonyl (C=O) groups is 1. The molecule has 10 heteroatoms. The summed E-state index contributed by atoms with van der Waals surface area (Å²) in [7, 11) is -3.81. The van der Waals surface area contributed by atoms with Crippen LogP contribution >= 0.6 is 11.6 Å². The fourth-order valence-electron chi connectivity index (χ4n) is 3.56. The zero-order valence-electron chi connectivity index (χ0n) is 17.0. The minimum Gasteiger partial charge on any atom is -0.461 e. The molecular formula is C22H21ClFN3O4S. The molecule has 1 aliphatic rings. The number of halogens is 2. The quantitative estimate of drug-likeness (QED) is 0.504. The number of nitrogens with zero attached hydrogens (tertiary/aromatic N) is 3. The molecule has 0 spiro atoms. The number of rotatable bonds is 6. The molecular weight excluding hydrogens is 457 g/mol. The van der Waals surface area contributed by atoms with Crippen LogP contribution in [0, 0.1) is 11.7 Å². The average molecular weight is 478 g/mol. The molecule has 2 aromatic carbocycles. The fourth-order valence-corrected chi connectivity index (χ4v) is 5.30. The summed E-state index contributed by atoms with van der Waals surface area (Å²) < 4.78 is 47.4. The third-order valence-corrected chi connectivity index (χ3v) is 7.59. The van der Waals surface area contributed by atoms with E-state index in [4.69, 9.17) is 16.3 Å². The van der Waals surface area contributed by atoms with Gasteiger partial charge in [0.15, 0.2) is 0 Å². The lowest BCUT2D eigenvalue weighted by molar-refractivity contribution is -0.151. The van der Waals surface area contributed by atoms with E-state index in [0.29, 0.717) is 12.8 Å². The normalized spacial score (nSPS) is 15.6. The SMILES string of the molecule is O=C(OCc1ccc(-n2cccn2)cc1)C1CCN(S(=O)(=O)c2ccc(F)c(Cl)c2)CC1. The first-order valence-electron chi connectivity index (χ1n) is 10.1. The maximum Gasteiger partial charge on any atom is 0.309 e. The van der Waals surface area contributed by atoms with Gasteiger partial charge < -0.3 is 4.74 Å². The molecule has 0 aliphatic carbocycles. The average Bonchev–Trinajstić information content (AvgIpc) is 3.34. The number of aromatic nitrogens is 2. The van der Waals surface area contributed by atoms with Gasteiger partial charge in [0.25, 0.3) is 0 Å². The molecule has 32 heavy (non-hydrogen) atoms. The van der Waals surface area contributed by atoms with Crippen LogP contribution in [0.25, 0.3) is 5.69 Å². The zero-order valence-corrected chi connectivity index (χ0v) is 18.6. The molecule has 168 valence electrons. The van der Waals surface area contributed by atoms with E-state index in [1.54, 1.807) is 10.9 Å². The van der Waals surface area contributed by atoms with E-state index in [9.17, 15) is 17.6 Å². The summed E-state index contributed by atoms with van der Waals surface area (Å²) in [6.45, 7) is 0.496. The molecule has 1 aliphatic heterocycles. The Morgan fingerprint density at radius 3 is 2.50 bits per heavy atom. The van der Waals surface area contributed by atoms with Gasteiger partial charge in [0, 0.05) is 25.5 Å². The number of benzene rings is 2. The van der Waals surface area contributed by atoms with Crippen LogP contribution in [0.15, 0.2) is 65.8 Å². The third kappa shape index (κ3) is 4.85. The molecule has 0 amide bonds. The maximum absolute atomic E-state index is 13.4. The van der Waals surface area contributed by atoms with E-state index in [1.807, 2.05) is 36.5 Å². The van der Waals surface area contributed by atoms with Crippen molar-refractivity contribution in [3.05, 3.63) is 77.3 Å². The van der Waals surface area contributed by atoms with E-state index in [2.05, 4.69) is 5.10 Å². The van der Waals surface area contributed by atoms with Gasteiger partial charge in [-0.2, -0.15) is 9.40 Å². The minimum atomic E-state index is -3.81. The van der Waals surface area contributed by atoms with E-state index in [0.717, 1.165) is 23.4 Å². The molecule has 3 aromatic rings. The number of hydrogen-bond donors (Lipinski definition) is 0. The van der Waals surface area contributed by atoms with Crippen LogP contribution < -0.4 is 0 Å². The molecule has 0 unspecified atom stereocenters. The van der Waals surface area contributed by atoms with Gasteiger partial charge in [0.05, 0.1) is 21.5 Å². The van der Waals surface area contributed by atoms with Crippen LogP contribution in [-0.2, 0) is 26.2 Å². The Balaban J connectivity index is 1.30. The van der Waals surface area contributed by atoms with Gasteiger partial charge in [-0.25, -0.2) is 17.5 Å². The summed E-state index contributed by atoms with van der Waals surface area (Å²) >= 11 is 5.72. The first-order chi connectivity index (χ1) is 15.3. The highest BCUT2D eigenvalue weighted by Gasteiger charge is 2.33. The summed E-state index contributed by atoms with van der Waals surface area (Å²) in [6.07, 6.45) is 4.24. The van der Waals surface area contributed by atoms with Crippen molar-refractivity contribution in [3.63, 3.8) is 0 Å². The molecule has 4 rings (SSSR count). The number of sulfonamides is 1. The van der Waals surface area contributed by atoms with Crippen molar-refractivity contribution in [1.29, 1.82) is 0 Å². The third-order valence-electron chi connectivity index (χ3n) is 5.40. The molecule has 1 saturated heterocycles. The largest absolute Gasteiger partial charge is 0.461 e. The Hall–Kier alpha value is -2.75. The van der Waals surface area contributed by atoms with E-state index >= 15 is 0 Å². The lowest BCUT2D eigenvalue weighted by atomic mass is 9.98. The minimum absolute atomic E-state index is 0.0662. The highest BCUT2D eigenvalue weighted by molar-refractivity contribution is 7.89. The number of piperidine rings is 1. The Labute approximate surface area is 190 Å². The predicted octanol–water partition coefficient (Wildman–Crippen LogP) is 3.81. The van der Waals surface area contributed by atoms with Crippen molar-refractivity contribution >= 4 is 27.6 Å². The van der Waals surface area contributed by atoms with Gasteiger partial charge in [-0.15, -0.1) is 0 Å². The number of ether oxygens (including phenoxy) is 1. The Bertz CT molecular complexity index is 1190. The van der Waals surface area contributed by atoms with Crippen LogP contribution in [0.2, 0.25) is 5.02 Å². The second kappa shape index (κ2) is 9.40. The van der Waals surface area contributed by atoms with Crippen molar-refractivity contribution in [2.75, 3.05) is 13.1 Å². The molecule has 0 N–H and O–H groups in total. The van der Waals surface area contributed by atoms with Crippen LogP contribution in [0.3, 0.4) is 0 Å². The van der Waals surface area contributed by atoms with Gasteiger partial charge in [-0.05, 0) is 54.8 Å². The van der Waals surface area contributed by atoms with Crippen LogP contribution in [-0.4, -0.2) is 41.6 Å².